The van der Waals surface area contributed by atoms with Crippen LogP contribution in [-0.2, 0) is 0 Å². The molecule has 0 saturated carbocycles. The molecule has 9 heavy (non-hydrogen) atoms. The van der Waals surface area contributed by atoms with E-state index in [2.05, 4.69) is 10.4 Å². The highest BCUT2D eigenvalue weighted by Crippen LogP contribution is 2.12. The molecule has 0 fully saturated rings. The summed E-state index contributed by atoms with van der Waals surface area (Å²) in [5.74, 6) is 5.08. The van der Waals surface area contributed by atoms with Crippen LogP contribution in [-0.4, -0.2) is 4.98 Å². The molecule has 0 aromatic carbocycles. The summed E-state index contributed by atoms with van der Waals surface area (Å²) in [4.78, 5) is 3.79. The van der Waals surface area contributed by atoms with Crippen molar-refractivity contribution in [2.75, 3.05) is 11.2 Å². The van der Waals surface area contributed by atoms with E-state index in [1.165, 1.54) is 0 Å². The number of nitrogens with two attached hydrogens (primary N) is 2. The first-order valence-electron chi connectivity index (χ1n) is 2.50. The van der Waals surface area contributed by atoms with Gasteiger partial charge in [0, 0.05) is 7.62 Å². The topological polar surface area (TPSA) is 77.0 Å². The smallest absolute Gasteiger partial charge is 0.0902 e. The lowest BCUT2D eigenvalue weighted by atomic mass is 10.4. The molecule has 4 heteroatoms. The van der Waals surface area contributed by atoms with Gasteiger partial charge in [0.2, 0.25) is 0 Å². The maximum atomic E-state index is 5.45. The number of aromatic nitrogens is 1. The van der Waals surface area contributed by atoms with Gasteiger partial charge in [0.25, 0.3) is 0 Å². The first-order chi connectivity index (χ1) is 4.34. The SMILES string of the molecule is NNc1cnccc1N.[HH]. The van der Waals surface area contributed by atoms with Gasteiger partial charge >= 0.3 is 0 Å². The molecule has 0 atom stereocenters. The molecule has 0 aliphatic carbocycles. The van der Waals surface area contributed by atoms with Crippen molar-refractivity contribution in [1.82, 2.24) is 4.98 Å². The van der Waals surface area contributed by atoms with Crippen molar-refractivity contribution in [3.8, 4) is 0 Å². The number of nitrogen functional groups attached to an aromatic ring is 2. The van der Waals surface area contributed by atoms with Gasteiger partial charge < -0.3 is 11.2 Å². The number of nitrogens with one attached hydrogen (secondary N) is 1. The second kappa shape index (κ2) is 2.32. The van der Waals surface area contributed by atoms with Crippen LogP contribution >= 0.6 is 0 Å². The van der Waals surface area contributed by atoms with E-state index in [0.29, 0.717) is 11.4 Å². The minimum Gasteiger partial charge on any atom is -0.397 e. The Balaban J connectivity index is 0.000000810. The fraction of sp³-hybridized carbons (Fsp3) is 0. The second-order valence-corrected chi connectivity index (χ2v) is 1.61. The molecule has 0 unspecified atom stereocenters. The molecule has 0 amide bonds. The molecule has 4 nitrogen and oxygen atoms in total. The minimum absolute atomic E-state index is 0. The lowest BCUT2D eigenvalue weighted by molar-refractivity contribution is 1.27. The Kier molecular flexibility index (Phi) is 1.51. The van der Waals surface area contributed by atoms with Crippen LogP contribution in [0.5, 0.6) is 0 Å². The van der Waals surface area contributed by atoms with Crippen LogP contribution in [0.4, 0.5) is 11.4 Å². The molecule has 0 aliphatic rings. The van der Waals surface area contributed by atoms with Gasteiger partial charge in [-0.25, -0.2) is 0 Å². The zero-order chi connectivity index (χ0) is 6.69. The highest BCUT2D eigenvalue weighted by Gasteiger charge is 1.91. The van der Waals surface area contributed by atoms with Crippen molar-refractivity contribution in [2.24, 2.45) is 5.84 Å². The number of hydrazine groups is 1. The van der Waals surface area contributed by atoms with Crippen LogP contribution in [0, 0.1) is 0 Å². The van der Waals surface area contributed by atoms with Gasteiger partial charge in [0.1, 0.15) is 0 Å². The van der Waals surface area contributed by atoms with E-state index in [1.807, 2.05) is 0 Å². The van der Waals surface area contributed by atoms with Gasteiger partial charge in [-0.1, -0.05) is 0 Å². The van der Waals surface area contributed by atoms with Gasteiger partial charge in [0.05, 0.1) is 17.6 Å². The molecule has 0 bridgehead atoms. The van der Waals surface area contributed by atoms with Crippen molar-refractivity contribution in [2.45, 2.75) is 0 Å². The van der Waals surface area contributed by atoms with E-state index in [9.17, 15) is 0 Å². The molecule has 0 radical (unpaired) electrons. The number of hydrogen-bond acceptors (Lipinski definition) is 4. The number of pyridine rings is 1. The Hall–Kier alpha value is -1.29. The summed E-state index contributed by atoms with van der Waals surface area (Å²) in [6.07, 6.45) is 3.17. The summed E-state index contributed by atoms with van der Waals surface area (Å²) in [6.45, 7) is 0. The van der Waals surface area contributed by atoms with Crippen LogP contribution in [0.3, 0.4) is 0 Å². The maximum absolute atomic E-state index is 5.45. The quantitative estimate of drug-likeness (QED) is 0.371. The van der Waals surface area contributed by atoms with Crippen molar-refractivity contribution in [3.63, 3.8) is 0 Å². The van der Waals surface area contributed by atoms with Crippen LogP contribution in [0.25, 0.3) is 0 Å². The molecule has 1 aromatic heterocycles. The van der Waals surface area contributed by atoms with Crippen molar-refractivity contribution < 1.29 is 1.43 Å². The highest BCUT2D eigenvalue weighted by atomic mass is 15.2. The molecule has 5 N–H and O–H groups in total. The first-order valence-corrected chi connectivity index (χ1v) is 2.50. The van der Waals surface area contributed by atoms with Crippen molar-refractivity contribution >= 4 is 11.4 Å². The van der Waals surface area contributed by atoms with Crippen LogP contribution < -0.4 is 17.0 Å². The monoisotopic (exact) mass is 126 g/mol. The first kappa shape index (κ1) is 5.84. The standard InChI is InChI=1S/C5H8N4.H2/c6-4-1-2-8-3-5(4)9-7;/h1-3,9H,7H2,(H2,6,8);1H. The van der Waals surface area contributed by atoms with Gasteiger partial charge in [-0.3, -0.25) is 10.8 Å². The summed E-state index contributed by atoms with van der Waals surface area (Å²) in [5, 5.41) is 0. The van der Waals surface area contributed by atoms with E-state index in [-0.39, 0.29) is 1.43 Å². The minimum atomic E-state index is 0. The van der Waals surface area contributed by atoms with E-state index in [0.717, 1.165) is 0 Å². The lowest BCUT2D eigenvalue weighted by Crippen LogP contribution is -2.08. The third kappa shape index (κ3) is 1.09. The Bertz CT molecular complexity index is 203. The molecule has 1 heterocycles. The summed E-state index contributed by atoms with van der Waals surface area (Å²) < 4.78 is 0. The predicted octanol–water partition coefficient (Wildman–Crippen LogP) is 0.195. The Morgan fingerprint density at radius 3 is 2.89 bits per heavy atom. The third-order valence-electron chi connectivity index (χ3n) is 1.01. The lowest BCUT2D eigenvalue weighted by Gasteiger charge is -2.00. The molecule has 0 saturated heterocycles. The molecule has 1 rings (SSSR count). The van der Waals surface area contributed by atoms with Gasteiger partial charge in [0.15, 0.2) is 0 Å². The zero-order valence-electron chi connectivity index (χ0n) is 4.83. The van der Waals surface area contributed by atoms with E-state index in [1.54, 1.807) is 18.5 Å². The van der Waals surface area contributed by atoms with Crippen LogP contribution in [0.2, 0.25) is 0 Å². The summed E-state index contributed by atoms with van der Waals surface area (Å²) in [5.41, 5.74) is 9.11. The average Bonchev–Trinajstić information content (AvgIpc) is 1.89. The highest BCUT2D eigenvalue weighted by molar-refractivity contribution is 5.63. The molecular weight excluding hydrogens is 116 g/mol. The van der Waals surface area contributed by atoms with Crippen LogP contribution in [0.1, 0.15) is 1.43 Å². The third-order valence-corrected chi connectivity index (χ3v) is 1.01. The van der Waals surface area contributed by atoms with E-state index in [4.69, 9.17) is 11.6 Å². The molecular formula is C5H10N4. The fourth-order valence-corrected chi connectivity index (χ4v) is 0.526. The number of nitrogens with zero attached hydrogens (tertiary/aromatic N) is 1. The summed E-state index contributed by atoms with van der Waals surface area (Å²) >= 11 is 0. The molecule has 0 spiro atoms. The number of rotatable bonds is 1. The Labute approximate surface area is 54.3 Å². The van der Waals surface area contributed by atoms with Gasteiger partial charge in [-0.15, -0.1) is 0 Å². The Morgan fingerprint density at radius 2 is 2.44 bits per heavy atom. The van der Waals surface area contributed by atoms with E-state index < -0.39 is 0 Å². The molecule has 1 aromatic rings. The maximum Gasteiger partial charge on any atom is 0.0902 e. The largest absolute Gasteiger partial charge is 0.397 e. The summed E-state index contributed by atoms with van der Waals surface area (Å²) in [7, 11) is 0. The number of hydrogen-bond donors (Lipinski definition) is 3. The normalized spacial score (nSPS) is 9.00. The van der Waals surface area contributed by atoms with Crippen LogP contribution in [0.15, 0.2) is 18.5 Å². The zero-order valence-corrected chi connectivity index (χ0v) is 4.83. The second-order valence-electron chi connectivity index (χ2n) is 1.61. The molecule has 50 valence electrons. The molecule has 0 aliphatic heterocycles. The van der Waals surface area contributed by atoms with Crippen molar-refractivity contribution in [3.05, 3.63) is 18.5 Å². The number of anilines is 2. The summed E-state index contributed by atoms with van der Waals surface area (Å²) in [6, 6.07) is 1.68. The Morgan fingerprint density at radius 1 is 1.67 bits per heavy atom. The van der Waals surface area contributed by atoms with Crippen molar-refractivity contribution in [1.29, 1.82) is 0 Å². The van der Waals surface area contributed by atoms with Gasteiger partial charge in [-0.2, -0.15) is 0 Å². The average molecular weight is 126 g/mol. The fourth-order valence-electron chi connectivity index (χ4n) is 0.526. The predicted molar refractivity (Wildman–Crippen MR) is 38.6 cm³/mol. The van der Waals surface area contributed by atoms with Gasteiger partial charge in [-0.05, 0) is 6.07 Å². The van der Waals surface area contributed by atoms with E-state index >= 15 is 0 Å².